The van der Waals surface area contributed by atoms with E-state index in [9.17, 15) is 0 Å². The molecular weight excluding hydrogens is 470 g/mol. The number of imidazole rings is 1. The number of thiophene rings is 1. The van der Waals surface area contributed by atoms with Gasteiger partial charge in [0.1, 0.15) is 17.9 Å². The lowest BCUT2D eigenvalue weighted by Gasteiger charge is -2.11. The summed E-state index contributed by atoms with van der Waals surface area (Å²) in [6.07, 6.45) is 3.52. The van der Waals surface area contributed by atoms with Crippen molar-refractivity contribution in [1.82, 2.24) is 35.0 Å². The average molecular weight is 496 g/mol. The van der Waals surface area contributed by atoms with Crippen LogP contribution in [0.25, 0.3) is 55.3 Å². The van der Waals surface area contributed by atoms with E-state index in [2.05, 4.69) is 50.2 Å². The van der Waals surface area contributed by atoms with E-state index in [1.165, 1.54) is 9.75 Å². The van der Waals surface area contributed by atoms with Crippen LogP contribution in [-0.4, -0.2) is 62.3 Å². The summed E-state index contributed by atoms with van der Waals surface area (Å²) >= 11 is 1.77. The topological polar surface area (TPSA) is 95.6 Å². The van der Waals surface area contributed by atoms with E-state index >= 15 is 0 Å². The monoisotopic (exact) mass is 495 g/mol. The molecule has 0 radical (unpaired) electrons. The zero-order chi connectivity index (χ0) is 24.6. The van der Waals surface area contributed by atoms with Gasteiger partial charge in [-0.3, -0.25) is 10.1 Å². The summed E-state index contributed by atoms with van der Waals surface area (Å²) in [5, 5.41) is 7.65. The maximum absolute atomic E-state index is 5.86. The van der Waals surface area contributed by atoms with Crippen LogP contribution >= 0.6 is 11.3 Å². The van der Waals surface area contributed by atoms with Crippen LogP contribution in [0.15, 0.2) is 60.9 Å². The van der Waals surface area contributed by atoms with Crippen molar-refractivity contribution in [2.45, 2.75) is 6.92 Å². The van der Waals surface area contributed by atoms with Gasteiger partial charge in [-0.05, 0) is 57.4 Å². The minimum absolute atomic E-state index is 0.593. The second kappa shape index (κ2) is 9.18. The van der Waals surface area contributed by atoms with Gasteiger partial charge in [0, 0.05) is 33.6 Å². The van der Waals surface area contributed by atoms with Crippen molar-refractivity contribution in [3.05, 3.63) is 65.8 Å². The van der Waals surface area contributed by atoms with Crippen LogP contribution in [0.2, 0.25) is 0 Å². The Morgan fingerprint density at radius 2 is 1.89 bits per heavy atom. The van der Waals surface area contributed by atoms with Crippen molar-refractivity contribution in [2.75, 3.05) is 27.2 Å². The number of rotatable bonds is 7. The first-order valence-corrected chi connectivity index (χ1v) is 12.5. The minimum atomic E-state index is 0.593. The predicted octanol–water partition coefficient (Wildman–Crippen LogP) is 5.54. The summed E-state index contributed by atoms with van der Waals surface area (Å²) in [6.45, 7) is 3.54. The molecule has 6 rings (SSSR count). The number of benzene rings is 1. The molecule has 0 unspecified atom stereocenters. The van der Waals surface area contributed by atoms with Crippen LogP contribution < -0.4 is 4.74 Å². The zero-order valence-corrected chi connectivity index (χ0v) is 21.1. The largest absolute Gasteiger partial charge is 0.491 e. The minimum Gasteiger partial charge on any atom is -0.491 e. The molecule has 0 aliphatic heterocycles. The highest BCUT2D eigenvalue weighted by molar-refractivity contribution is 7.15. The highest BCUT2D eigenvalue weighted by Crippen LogP contribution is 2.34. The maximum Gasteiger partial charge on any atom is 0.161 e. The first kappa shape index (κ1) is 22.4. The third-order valence-electron chi connectivity index (χ3n) is 5.97. The first-order valence-electron chi connectivity index (χ1n) is 11.7. The molecule has 5 heterocycles. The molecule has 8 nitrogen and oxygen atoms in total. The second-order valence-electron chi connectivity index (χ2n) is 8.92. The Morgan fingerprint density at radius 3 is 2.72 bits per heavy atom. The van der Waals surface area contributed by atoms with Gasteiger partial charge in [-0.25, -0.2) is 9.97 Å². The molecule has 0 aliphatic carbocycles. The number of ether oxygens (including phenoxy) is 1. The van der Waals surface area contributed by atoms with E-state index in [0.29, 0.717) is 18.1 Å². The molecule has 180 valence electrons. The fourth-order valence-corrected chi connectivity index (χ4v) is 5.02. The number of hydrogen-bond donors (Lipinski definition) is 2. The Hall–Kier alpha value is -4.08. The van der Waals surface area contributed by atoms with Crippen LogP contribution in [0.4, 0.5) is 0 Å². The molecule has 0 fully saturated rings. The summed E-state index contributed by atoms with van der Waals surface area (Å²) in [7, 11) is 4.04. The number of H-pyrrole nitrogens is 2. The second-order valence-corrected chi connectivity index (χ2v) is 10.2. The smallest absolute Gasteiger partial charge is 0.161 e. The Labute approximate surface area is 212 Å². The maximum atomic E-state index is 5.86. The summed E-state index contributed by atoms with van der Waals surface area (Å²) in [5.74, 6) is 1.40. The quantitative estimate of drug-likeness (QED) is 0.302. The molecule has 0 spiro atoms. The summed E-state index contributed by atoms with van der Waals surface area (Å²) in [5.41, 5.74) is 6.95. The van der Waals surface area contributed by atoms with Crippen molar-refractivity contribution >= 4 is 33.4 Å². The fourth-order valence-electron chi connectivity index (χ4n) is 4.13. The lowest BCUT2D eigenvalue weighted by Crippen LogP contribution is -2.19. The number of nitrogens with zero attached hydrogens (tertiary/aromatic N) is 5. The van der Waals surface area contributed by atoms with Crippen molar-refractivity contribution in [3.63, 3.8) is 0 Å². The van der Waals surface area contributed by atoms with Gasteiger partial charge in [-0.2, -0.15) is 5.10 Å². The first-order chi connectivity index (χ1) is 17.5. The lowest BCUT2D eigenvalue weighted by molar-refractivity contribution is 0.261. The SMILES string of the molecule is Cc1ccc(-c2cccc3[nH]c(-c4n[nH]c5ccc(-c6cncc(OCCN(C)C)c6)nc45)nc23)s1. The van der Waals surface area contributed by atoms with Crippen molar-refractivity contribution in [3.8, 4) is 39.0 Å². The highest BCUT2D eigenvalue weighted by Gasteiger charge is 2.17. The summed E-state index contributed by atoms with van der Waals surface area (Å²) in [4.78, 5) is 22.2. The molecule has 0 aliphatic rings. The van der Waals surface area contributed by atoms with Crippen molar-refractivity contribution < 1.29 is 4.74 Å². The van der Waals surface area contributed by atoms with Crippen molar-refractivity contribution in [1.29, 1.82) is 0 Å². The normalized spacial score (nSPS) is 11.7. The van der Waals surface area contributed by atoms with Gasteiger partial charge in [0.25, 0.3) is 0 Å². The third-order valence-corrected chi connectivity index (χ3v) is 7.00. The van der Waals surface area contributed by atoms with Gasteiger partial charge in [0.05, 0.1) is 28.4 Å². The number of nitrogens with one attached hydrogen (secondary N) is 2. The molecule has 0 amide bonds. The summed E-state index contributed by atoms with van der Waals surface area (Å²) in [6, 6.07) is 16.4. The molecule has 0 saturated heterocycles. The Bertz CT molecular complexity index is 1680. The van der Waals surface area contributed by atoms with Gasteiger partial charge in [0.15, 0.2) is 11.5 Å². The van der Waals surface area contributed by atoms with E-state index < -0.39 is 0 Å². The van der Waals surface area contributed by atoms with Gasteiger partial charge >= 0.3 is 0 Å². The molecule has 36 heavy (non-hydrogen) atoms. The molecule has 1 aromatic carbocycles. The molecule has 2 N–H and O–H groups in total. The van der Waals surface area contributed by atoms with E-state index in [0.717, 1.165) is 51.2 Å². The molecule has 6 aromatic rings. The number of fused-ring (bicyclic) bond motifs is 2. The molecule has 0 bridgehead atoms. The third kappa shape index (κ3) is 4.23. The number of aromatic amines is 2. The Balaban J connectivity index is 1.37. The van der Waals surface area contributed by atoms with Crippen LogP contribution in [0, 0.1) is 6.92 Å². The van der Waals surface area contributed by atoms with E-state index in [-0.39, 0.29) is 0 Å². The lowest BCUT2D eigenvalue weighted by atomic mass is 10.1. The van der Waals surface area contributed by atoms with Crippen molar-refractivity contribution in [2.24, 2.45) is 0 Å². The fraction of sp³-hybridized carbons (Fsp3) is 0.185. The number of hydrogen-bond acceptors (Lipinski definition) is 7. The molecule has 0 saturated carbocycles. The Kier molecular flexibility index (Phi) is 5.71. The van der Waals surface area contributed by atoms with Crippen LogP contribution in [0.3, 0.4) is 0 Å². The number of aromatic nitrogens is 6. The number of para-hydroxylation sites is 1. The predicted molar refractivity (Wildman–Crippen MR) is 144 cm³/mol. The molecule has 9 heteroatoms. The molecule has 5 aromatic heterocycles. The number of pyridine rings is 2. The van der Waals surface area contributed by atoms with E-state index in [1.807, 2.05) is 44.4 Å². The highest BCUT2D eigenvalue weighted by atomic mass is 32.1. The summed E-state index contributed by atoms with van der Waals surface area (Å²) < 4.78 is 5.86. The molecular formula is C27H25N7OS. The van der Waals surface area contributed by atoms with Gasteiger partial charge < -0.3 is 14.6 Å². The van der Waals surface area contributed by atoms with Gasteiger partial charge in [0.2, 0.25) is 0 Å². The van der Waals surface area contributed by atoms with Crippen LogP contribution in [0.1, 0.15) is 4.88 Å². The van der Waals surface area contributed by atoms with Gasteiger partial charge in [-0.15, -0.1) is 11.3 Å². The van der Waals surface area contributed by atoms with E-state index in [4.69, 9.17) is 14.7 Å². The number of aryl methyl sites for hydroxylation is 1. The standard InChI is InChI=1S/C27H25N7OS/c1-16-7-10-23(36-16)19-5-4-6-21-24(19)31-27(30-21)26-25-22(32-33-26)9-8-20(29-25)17-13-18(15-28-14-17)35-12-11-34(2)3/h4-10,13-15H,11-12H2,1-3H3,(H,30,31)(H,32,33). The number of likely N-dealkylation sites (N-methyl/N-ethyl adjacent to an activating group) is 1. The van der Waals surface area contributed by atoms with Crippen LogP contribution in [-0.2, 0) is 0 Å². The Morgan fingerprint density at radius 1 is 0.972 bits per heavy atom. The van der Waals surface area contributed by atoms with Crippen LogP contribution in [0.5, 0.6) is 5.75 Å². The van der Waals surface area contributed by atoms with Gasteiger partial charge in [-0.1, -0.05) is 12.1 Å². The zero-order valence-electron chi connectivity index (χ0n) is 20.2. The molecule has 0 atom stereocenters. The van der Waals surface area contributed by atoms with E-state index in [1.54, 1.807) is 23.7 Å². The average Bonchev–Trinajstić information content (AvgIpc) is 3.61.